The molecular weight excluding hydrogens is 405 g/mol. The molecule has 1 aromatic heterocycles. The lowest BCUT2D eigenvalue weighted by molar-refractivity contribution is 0.364. The highest BCUT2D eigenvalue weighted by molar-refractivity contribution is 8.45. The van der Waals surface area contributed by atoms with Gasteiger partial charge in [-0.1, -0.05) is 79.6 Å². The van der Waals surface area contributed by atoms with Gasteiger partial charge in [0.25, 0.3) is 0 Å². The number of pyridine rings is 1. The first-order valence-corrected chi connectivity index (χ1v) is 10.7. The lowest BCUT2D eigenvalue weighted by Gasteiger charge is -2.40. The molecule has 0 aliphatic heterocycles. The molecule has 0 atom stereocenters. The van der Waals surface area contributed by atoms with Crippen molar-refractivity contribution in [3.8, 4) is 22.4 Å². The van der Waals surface area contributed by atoms with Crippen molar-refractivity contribution in [1.29, 1.82) is 0 Å². The molecule has 3 aromatic carbocycles. The molecule has 0 radical (unpaired) electrons. The summed E-state index contributed by atoms with van der Waals surface area (Å²) in [5, 5.41) is 0.0258. The fourth-order valence-electron chi connectivity index (χ4n) is 3.17. The molecule has 29 heavy (non-hydrogen) atoms. The molecule has 150 valence electrons. The molecule has 0 fully saturated rings. The van der Waals surface area contributed by atoms with Crippen LogP contribution in [0.3, 0.4) is 0 Å². The van der Waals surface area contributed by atoms with Gasteiger partial charge in [-0.15, -0.1) is 0 Å². The van der Waals surface area contributed by atoms with Gasteiger partial charge in [-0.05, 0) is 42.3 Å². The van der Waals surface area contributed by atoms with Crippen LogP contribution >= 0.6 is 10.2 Å². The molecule has 0 bridgehead atoms. The van der Waals surface area contributed by atoms with Crippen LogP contribution in [0.1, 0.15) is 5.56 Å². The second kappa shape index (κ2) is 5.79. The molecule has 0 aliphatic rings. The first-order chi connectivity index (χ1) is 13.4. The molecule has 0 saturated carbocycles. The average Bonchev–Trinajstić information content (AvgIpc) is 2.66. The number of nitrogens with zero attached hydrogens (tertiary/aromatic N) is 1. The summed E-state index contributed by atoms with van der Waals surface area (Å²) in [7, 11) is -9.80. The lowest BCUT2D eigenvalue weighted by atomic mass is 9.98. The number of hydrogen-bond acceptors (Lipinski definition) is 1. The molecule has 0 spiro atoms. The molecule has 0 N–H and O–H groups in total. The molecular formula is C22H16F5NS. The van der Waals surface area contributed by atoms with Crippen molar-refractivity contribution in [1.82, 2.24) is 4.98 Å². The number of rotatable bonds is 3. The van der Waals surface area contributed by atoms with Crippen LogP contribution in [0.2, 0.25) is 0 Å². The highest BCUT2D eigenvalue weighted by Gasteiger charge is 2.65. The third kappa shape index (κ3) is 3.96. The highest BCUT2D eigenvalue weighted by atomic mass is 32.5. The highest BCUT2D eigenvalue weighted by Crippen LogP contribution is 3.02. The van der Waals surface area contributed by atoms with E-state index in [0.717, 1.165) is 17.2 Å². The van der Waals surface area contributed by atoms with E-state index >= 15 is 0 Å². The van der Waals surface area contributed by atoms with Crippen molar-refractivity contribution < 1.29 is 19.4 Å². The van der Waals surface area contributed by atoms with Crippen LogP contribution in [-0.2, 0) is 0 Å². The van der Waals surface area contributed by atoms with Gasteiger partial charge in [-0.3, -0.25) is 0 Å². The van der Waals surface area contributed by atoms with E-state index in [4.69, 9.17) is 0 Å². The summed E-state index contributed by atoms with van der Waals surface area (Å²) >= 11 is 0. The Kier molecular flexibility index (Phi) is 3.87. The van der Waals surface area contributed by atoms with E-state index in [0.29, 0.717) is 29.0 Å². The summed E-state index contributed by atoms with van der Waals surface area (Å²) in [5.41, 5.74) is 3.64. The van der Waals surface area contributed by atoms with Gasteiger partial charge in [0.05, 0.1) is 11.2 Å². The Morgan fingerprint density at radius 3 is 1.97 bits per heavy atom. The van der Waals surface area contributed by atoms with Crippen molar-refractivity contribution in [3.05, 3.63) is 84.4 Å². The molecule has 0 unspecified atom stereocenters. The van der Waals surface area contributed by atoms with Gasteiger partial charge in [0, 0.05) is 10.9 Å². The van der Waals surface area contributed by atoms with E-state index in [1.807, 2.05) is 31.2 Å². The zero-order chi connectivity index (χ0) is 20.9. The van der Waals surface area contributed by atoms with Crippen LogP contribution in [0.4, 0.5) is 19.4 Å². The SMILES string of the molecule is Cc1ccc(-c2cc(-c3ccccc3)c3cc(S(F)(F)(F)(F)F)ccc3n2)cc1. The Morgan fingerprint density at radius 2 is 1.34 bits per heavy atom. The Labute approximate surface area is 164 Å². The van der Waals surface area contributed by atoms with Gasteiger partial charge < -0.3 is 0 Å². The van der Waals surface area contributed by atoms with Crippen LogP contribution < -0.4 is 0 Å². The summed E-state index contributed by atoms with van der Waals surface area (Å²) < 4.78 is 66.9. The minimum atomic E-state index is -9.80. The van der Waals surface area contributed by atoms with Gasteiger partial charge in [0.2, 0.25) is 0 Å². The Bertz CT molecular complexity index is 1220. The summed E-state index contributed by atoms with van der Waals surface area (Å²) in [6.45, 7) is 1.94. The van der Waals surface area contributed by atoms with Crippen molar-refractivity contribution in [2.45, 2.75) is 11.8 Å². The molecule has 0 aliphatic carbocycles. The number of benzene rings is 3. The van der Waals surface area contributed by atoms with E-state index in [1.165, 1.54) is 0 Å². The molecule has 0 saturated heterocycles. The Hall–Kier alpha value is -2.93. The average molecular weight is 421 g/mol. The number of halogens is 5. The smallest absolute Gasteiger partial charge is 0.248 e. The maximum absolute atomic E-state index is 13.4. The van der Waals surface area contributed by atoms with Crippen LogP contribution in [0.15, 0.2) is 83.8 Å². The van der Waals surface area contributed by atoms with Crippen molar-refractivity contribution in [2.24, 2.45) is 0 Å². The minimum Gasteiger partial charge on any atom is -0.248 e. The Balaban J connectivity index is 2.04. The second-order valence-electron chi connectivity index (χ2n) is 6.94. The third-order valence-electron chi connectivity index (χ3n) is 4.66. The van der Waals surface area contributed by atoms with Crippen molar-refractivity contribution in [2.75, 3.05) is 0 Å². The van der Waals surface area contributed by atoms with Crippen molar-refractivity contribution >= 4 is 21.1 Å². The molecule has 1 heterocycles. The molecule has 7 heteroatoms. The lowest BCUT2D eigenvalue weighted by Crippen LogP contribution is -2.06. The monoisotopic (exact) mass is 421 g/mol. The van der Waals surface area contributed by atoms with Gasteiger partial charge in [-0.25, -0.2) is 4.98 Å². The van der Waals surface area contributed by atoms with E-state index in [1.54, 1.807) is 36.4 Å². The van der Waals surface area contributed by atoms with Gasteiger partial charge in [0.15, 0.2) is 0 Å². The van der Waals surface area contributed by atoms with Gasteiger partial charge in [0.1, 0.15) is 4.90 Å². The number of hydrogen-bond donors (Lipinski definition) is 0. The molecule has 1 nitrogen and oxygen atoms in total. The Morgan fingerprint density at radius 1 is 0.690 bits per heavy atom. The third-order valence-corrected chi connectivity index (χ3v) is 5.80. The zero-order valence-electron chi connectivity index (χ0n) is 15.3. The van der Waals surface area contributed by atoms with E-state index < -0.39 is 15.1 Å². The maximum atomic E-state index is 13.4. The van der Waals surface area contributed by atoms with E-state index in [9.17, 15) is 19.4 Å². The minimum absolute atomic E-state index is 0.0258. The zero-order valence-corrected chi connectivity index (χ0v) is 16.1. The standard InChI is InChI=1S/C22H16F5NS/c1-15-7-9-17(10-8-15)22-14-19(16-5-3-2-4-6-16)20-13-18(11-12-21(20)28-22)29(23,24,25,26)27/h2-14H,1H3. The quantitative estimate of drug-likeness (QED) is 0.302. The maximum Gasteiger partial charge on any atom is 0.310 e. The molecule has 4 aromatic rings. The van der Waals surface area contributed by atoms with Crippen LogP contribution in [0, 0.1) is 6.92 Å². The largest absolute Gasteiger partial charge is 0.310 e. The normalized spacial score (nSPS) is 14.4. The van der Waals surface area contributed by atoms with E-state index in [2.05, 4.69) is 4.98 Å². The van der Waals surface area contributed by atoms with Crippen LogP contribution in [0.5, 0.6) is 0 Å². The topological polar surface area (TPSA) is 12.9 Å². The predicted molar refractivity (Wildman–Crippen MR) is 109 cm³/mol. The fraction of sp³-hybridized carbons (Fsp3) is 0.0455. The fourth-order valence-corrected chi connectivity index (χ4v) is 3.84. The number of fused-ring (bicyclic) bond motifs is 1. The summed E-state index contributed by atoms with van der Waals surface area (Å²) in [5.74, 6) is 0. The van der Waals surface area contributed by atoms with Crippen molar-refractivity contribution in [3.63, 3.8) is 0 Å². The molecule has 0 amide bonds. The summed E-state index contributed by atoms with van der Waals surface area (Å²) in [6.07, 6.45) is 0. The first-order valence-electron chi connectivity index (χ1n) is 8.72. The van der Waals surface area contributed by atoms with Gasteiger partial charge in [-0.2, -0.15) is 0 Å². The van der Waals surface area contributed by atoms with Crippen LogP contribution in [0.25, 0.3) is 33.3 Å². The van der Waals surface area contributed by atoms with Crippen LogP contribution in [-0.4, -0.2) is 4.98 Å². The molecule has 4 rings (SSSR count). The predicted octanol–water partition coefficient (Wildman–Crippen LogP) is 8.53. The number of aromatic nitrogens is 1. The van der Waals surface area contributed by atoms with E-state index in [-0.39, 0.29) is 10.9 Å². The summed E-state index contributed by atoms with van der Waals surface area (Å²) in [6, 6.07) is 19.8. The second-order valence-corrected chi connectivity index (χ2v) is 9.34. The summed E-state index contributed by atoms with van der Waals surface area (Å²) in [4.78, 5) is 2.51. The first kappa shape index (κ1) is 19.4. The number of aryl methyl sites for hydroxylation is 1. The van der Waals surface area contributed by atoms with Gasteiger partial charge >= 0.3 is 10.2 Å².